The minimum absolute atomic E-state index is 0.110. The molecule has 3 N–H and O–H groups in total. The molecule has 0 spiro atoms. The molecule has 0 bridgehead atoms. The first-order valence-corrected chi connectivity index (χ1v) is 12.7. The van der Waals surface area contributed by atoms with Gasteiger partial charge in [-0.3, -0.25) is 4.79 Å². The van der Waals surface area contributed by atoms with Gasteiger partial charge in [-0.25, -0.2) is 4.99 Å². The van der Waals surface area contributed by atoms with Crippen molar-refractivity contribution in [2.45, 2.75) is 59.8 Å². The molecule has 0 saturated heterocycles. The molecule has 2 heterocycles. The van der Waals surface area contributed by atoms with Crippen molar-refractivity contribution in [2.24, 2.45) is 4.99 Å². The number of aryl methyl sites for hydroxylation is 1. The van der Waals surface area contributed by atoms with E-state index in [1.54, 1.807) is 4.90 Å². The number of carbonyl (C=O) groups excluding carboxylic acids is 1. The molecule has 2 rings (SSSR count). The molecule has 34 heavy (non-hydrogen) atoms. The zero-order chi connectivity index (χ0) is 25.3. The SMILES string of the molecule is CCC1=C(C)/C(=C/CNC)N=C1/C=c1\[nH]/c(=C(/C)C(=N)CCCC(=O)N(C)CCCCl)cc1C. The Morgan fingerprint density at radius 3 is 2.68 bits per heavy atom. The Labute approximate surface area is 209 Å². The highest BCUT2D eigenvalue weighted by molar-refractivity contribution is 6.23. The Kier molecular flexibility index (Phi) is 11.0. The Bertz CT molecular complexity index is 1110. The molecule has 0 radical (unpaired) electrons. The number of aliphatic imine (C=N–C) groups is 1. The Morgan fingerprint density at radius 1 is 1.29 bits per heavy atom. The number of carbonyl (C=O) groups is 1. The summed E-state index contributed by atoms with van der Waals surface area (Å²) in [4.78, 5) is 22.3. The lowest BCUT2D eigenvalue weighted by Crippen LogP contribution is -2.27. The number of hydrogen-bond acceptors (Lipinski definition) is 4. The van der Waals surface area contributed by atoms with Crippen LogP contribution in [0.4, 0.5) is 0 Å². The fraction of sp³-hybridized carbons (Fsp3) is 0.519. The summed E-state index contributed by atoms with van der Waals surface area (Å²) >= 11 is 5.71. The van der Waals surface area contributed by atoms with Crippen LogP contribution in [0.5, 0.6) is 0 Å². The molecular weight excluding hydrogens is 446 g/mol. The lowest BCUT2D eigenvalue weighted by atomic mass is 10.0. The van der Waals surface area contributed by atoms with Gasteiger partial charge in [0.2, 0.25) is 5.91 Å². The number of halogens is 1. The lowest BCUT2D eigenvalue weighted by molar-refractivity contribution is -0.129. The molecule has 1 aliphatic rings. The summed E-state index contributed by atoms with van der Waals surface area (Å²) in [5.41, 5.74) is 7.15. The summed E-state index contributed by atoms with van der Waals surface area (Å²) in [6.45, 7) is 9.82. The van der Waals surface area contributed by atoms with Gasteiger partial charge in [0.1, 0.15) is 0 Å². The first-order valence-electron chi connectivity index (χ1n) is 12.1. The zero-order valence-corrected chi connectivity index (χ0v) is 22.3. The zero-order valence-electron chi connectivity index (χ0n) is 21.6. The van der Waals surface area contributed by atoms with E-state index >= 15 is 0 Å². The maximum atomic E-state index is 12.2. The quantitative estimate of drug-likeness (QED) is 0.310. The van der Waals surface area contributed by atoms with E-state index in [0.717, 1.165) is 52.6 Å². The van der Waals surface area contributed by atoms with Crippen LogP contribution in [0.25, 0.3) is 11.6 Å². The summed E-state index contributed by atoms with van der Waals surface area (Å²) < 4.78 is 0. The molecule has 7 heteroatoms. The van der Waals surface area contributed by atoms with Crippen LogP contribution in [0.15, 0.2) is 34.0 Å². The second kappa shape index (κ2) is 13.4. The van der Waals surface area contributed by atoms with Gasteiger partial charge in [-0.1, -0.05) is 6.92 Å². The number of H-pyrrole nitrogens is 1. The molecule has 0 fully saturated rings. The van der Waals surface area contributed by atoms with Gasteiger partial charge in [-0.15, -0.1) is 11.6 Å². The van der Waals surface area contributed by atoms with Gasteiger partial charge in [0.25, 0.3) is 0 Å². The largest absolute Gasteiger partial charge is 0.355 e. The second-order valence-corrected chi connectivity index (χ2v) is 9.22. The molecule has 0 aliphatic carbocycles. The summed E-state index contributed by atoms with van der Waals surface area (Å²) in [7, 11) is 3.74. The average Bonchev–Trinajstić information content (AvgIpc) is 3.33. The van der Waals surface area contributed by atoms with E-state index in [2.05, 4.69) is 49.3 Å². The fourth-order valence-corrected chi connectivity index (χ4v) is 4.15. The maximum absolute atomic E-state index is 12.2. The smallest absolute Gasteiger partial charge is 0.222 e. The average molecular weight is 486 g/mol. The van der Waals surface area contributed by atoms with Crippen LogP contribution < -0.4 is 16.0 Å². The van der Waals surface area contributed by atoms with E-state index in [-0.39, 0.29) is 5.91 Å². The molecule has 186 valence electrons. The summed E-state index contributed by atoms with van der Waals surface area (Å²) in [5, 5.41) is 13.6. The molecule has 1 aromatic rings. The molecule has 0 saturated carbocycles. The predicted molar refractivity (Wildman–Crippen MR) is 145 cm³/mol. The number of allylic oxidation sites excluding steroid dienone is 2. The predicted octanol–water partition coefficient (Wildman–Crippen LogP) is 3.84. The van der Waals surface area contributed by atoms with Crippen LogP contribution >= 0.6 is 11.6 Å². The first kappa shape index (κ1) is 27.8. The summed E-state index contributed by atoms with van der Waals surface area (Å²) in [6.07, 6.45) is 7.67. The molecule has 0 unspecified atom stereocenters. The van der Waals surface area contributed by atoms with Gasteiger partial charge >= 0.3 is 0 Å². The lowest BCUT2D eigenvalue weighted by Gasteiger charge is -2.16. The van der Waals surface area contributed by atoms with Crippen molar-refractivity contribution in [1.82, 2.24) is 15.2 Å². The minimum atomic E-state index is 0.110. The van der Waals surface area contributed by atoms with Gasteiger partial charge in [0.05, 0.1) is 11.4 Å². The molecule has 1 amide bonds. The van der Waals surface area contributed by atoms with E-state index in [1.807, 2.05) is 21.0 Å². The van der Waals surface area contributed by atoms with Crippen LogP contribution in [0.3, 0.4) is 0 Å². The van der Waals surface area contributed by atoms with Crippen LogP contribution in [0, 0.1) is 12.3 Å². The van der Waals surface area contributed by atoms with Crippen LogP contribution in [-0.4, -0.2) is 60.3 Å². The number of aromatic amines is 1. The number of nitrogens with one attached hydrogen (secondary N) is 3. The highest BCUT2D eigenvalue weighted by atomic mass is 35.5. The number of likely N-dealkylation sites (N-methyl/N-ethyl adjacent to an activating group) is 1. The number of rotatable bonds is 12. The third kappa shape index (κ3) is 7.28. The van der Waals surface area contributed by atoms with Crippen LogP contribution in [0.1, 0.15) is 58.4 Å². The second-order valence-electron chi connectivity index (χ2n) is 8.84. The summed E-state index contributed by atoms with van der Waals surface area (Å²) in [6, 6.07) is 2.09. The Hall–Kier alpha value is -2.44. The summed E-state index contributed by atoms with van der Waals surface area (Å²) in [5.74, 6) is 0.668. The number of hydrogen-bond donors (Lipinski definition) is 3. The fourth-order valence-electron chi connectivity index (χ4n) is 4.03. The van der Waals surface area contributed by atoms with E-state index in [4.69, 9.17) is 22.0 Å². The highest BCUT2D eigenvalue weighted by Gasteiger charge is 2.17. The van der Waals surface area contributed by atoms with Crippen LogP contribution in [0.2, 0.25) is 0 Å². The van der Waals surface area contributed by atoms with Gasteiger partial charge in [-0.2, -0.15) is 0 Å². The van der Waals surface area contributed by atoms with Crippen molar-refractivity contribution < 1.29 is 4.79 Å². The molecule has 1 aliphatic heterocycles. The van der Waals surface area contributed by atoms with E-state index < -0.39 is 0 Å². The first-order chi connectivity index (χ1) is 16.2. The van der Waals surface area contributed by atoms with Crippen molar-refractivity contribution in [3.05, 3.63) is 45.2 Å². The van der Waals surface area contributed by atoms with E-state index in [1.165, 1.54) is 11.1 Å². The molecule has 6 nitrogen and oxygen atoms in total. The van der Waals surface area contributed by atoms with Gasteiger partial charge in [-0.05, 0) is 94.0 Å². The monoisotopic (exact) mass is 485 g/mol. The van der Waals surface area contributed by atoms with Crippen molar-refractivity contribution in [2.75, 3.05) is 33.1 Å². The van der Waals surface area contributed by atoms with E-state index in [0.29, 0.717) is 37.4 Å². The Morgan fingerprint density at radius 2 is 2.03 bits per heavy atom. The van der Waals surface area contributed by atoms with Crippen molar-refractivity contribution in [1.29, 1.82) is 5.41 Å². The van der Waals surface area contributed by atoms with Gasteiger partial charge in [0.15, 0.2) is 0 Å². The molecule has 0 atom stereocenters. The molecular formula is C27H40ClN5O. The topological polar surface area (TPSA) is 84.3 Å². The van der Waals surface area contributed by atoms with Gasteiger partial charge < -0.3 is 20.6 Å². The normalized spacial score (nSPS) is 16.4. The Balaban J connectivity index is 2.18. The van der Waals surface area contributed by atoms with Crippen molar-refractivity contribution in [3.8, 4) is 0 Å². The minimum Gasteiger partial charge on any atom is -0.355 e. The van der Waals surface area contributed by atoms with Gasteiger partial charge in [0, 0.05) is 48.8 Å². The van der Waals surface area contributed by atoms with Crippen molar-refractivity contribution >= 4 is 40.6 Å². The highest BCUT2D eigenvalue weighted by Crippen LogP contribution is 2.27. The number of aromatic nitrogens is 1. The number of amides is 1. The third-order valence-corrected chi connectivity index (χ3v) is 6.57. The maximum Gasteiger partial charge on any atom is 0.222 e. The number of nitrogens with zero attached hydrogens (tertiary/aromatic N) is 2. The van der Waals surface area contributed by atoms with Crippen LogP contribution in [-0.2, 0) is 4.79 Å². The van der Waals surface area contributed by atoms with E-state index in [9.17, 15) is 4.79 Å². The number of alkyl halides is 1. The third-order valence-electron chi connectivity index (χ3n) is 6.30. The van der Waals surface area contributed by atoms with Crippen molar-refractivity contribution in [3.63, 3.8) is 0 Å². The molecule has 1 aromatic heterocycles. The standard InChI is InChI=1S/C27H40ClN5O/c1-7-21-19(3)23(12-14-30-5)31-26(21)17-24-18(2)16-25(32-24)20(4)22(29)10-8-11-27(34)33(6)15-9-13-28/h12,16-17,29-30,32H,7-11,13-15H2,1-6H3/b23-12-,24-17-,25-20-,29-22?. The molecule has 0 aromatic carbocycles.